The second-order valence-corrected chi connectivity index (χ2v) is 33.5. The molecule has 0 bridgehead atoms. The Morgan fingerprint density at radius 2 is 0.341 bits per heavy atom. The van der Waals surface area contributed by atoms with Crippen LogP contribution in [0.25, 0.3) is 210 Å². The molecule has 25 rings (SSSR count). The maximum atomic E-state index is 4.97. The second kappa shape index (κ2) is 30.5. The molecule has 8 heteroatoms. The summed E-state index contributed by atoms with van der Waals surface area (Å²) >= 11 is 0. The van der Waals surface area contributed by atoms with Gasteiger partial charge in [0.2, 0.25) is 0 Å². The molecule has 0 unspecified atom stereocenters. The molecule has 0 N–H and O–H groups in total. The summed E-state index contributed by atoms with van der Waals surface area (Å²) in [5.74, 6) is 0. The molecule has 18 aromatic carbocycles. The van der Waals surface area contributed by atoms with Crippen LogP contribution in [0.15, 0.2) is 413 Å². The van der Waals surface area contributed by atoms with Crippen molar-refractivity contribution in [2.75, 3.05) is 0 Å². The van der Waals surface area contributed by atoms with E-state index < -0.39 is 0 Å². The fourth-order valence-corrected chi connectivity index (χ4v) is 20.2. The normalized spacial score (nSPS) is 11.7. The first-order valence-electron chi connectivity index (χ1n) is 43.4. The van der Waals surface area contributed by atoms with Gasteiger partial charge in [0, 0.05) is 109 Å². The van der Waals surface area contributed by atoms with Gasteiger partial charge in [0.25, 0.3) is 0 Å². The number of aryl methyl sites for hydroxylation is 6. The van der Waals surface area contributed by atoms with Crippen LogP contribution < -0.4 is 0 Å². The van der Waals surface area contributed by atoms with Gasteiger partial charge in [-0.15, -0.1) is 0 Å². The summed E-state index contributed by atoms with van der Waals surface area (Å²) in [5, 5.41) is 15.3. The van der Waals surface area contributed by atoms with Crippen LogP contribution in [-0.2, 0) is 0 Å². The van der Waals surface area contributed by atoms with E-state index in [1.165, 1.54) is 221 Å². The lowest BCUT2D eigenvalue weighted by Crippen LogP contribution is -2.02. The fourth-order valence-electron chi connectivity index (χ4n) is 20.2. The van der Waals surface area contributed by atoms with E-state index in [0.717, 1.165) is 22.5 Å². The quantitative estimate of drug-likeness (QED) is 0.137. The van der Waals surface area contributed by atoms with E-state index in [4.69, 9.17) is 9.97 Å². The van der Waals surface area contributed by atoms with E-state index >= 15 is 0 Å². The molecule has 0 aliphatic carbocycles. The Morgan fingerprint density at radius 1 is 0.151 bits per heavy atom. The van der Waals surface area contributed by atoms with E-state index in [0.29, 0.717) is 0 Å². The zero-order valence-corrected chi connectivity index (χ0v) is 70.8. The van der Waals surface area contributed by atoms with E-state index in [1.807, 2.05) is 12.4 Å². The Labute approximate surface area is 729 Å². The maximum Gasteiger partial charge on any atom is 0.0888 e. The molecule has 0 aliphatic heterocycles. The number of aromatic nitrogens is 8. The monoisotopic (exact) mass is 1610 g/mol. The van der Waals surface area contributed by atoms with Gasteiger partial charge < -0.3 is 27.4 Å². The zero-order valence-electron chi connectivity index (χ0n) is 70.8. The Hall–Kier alpha value is -16.2. The van der Waals surface area contributed by atoms with Gasteiger partial charge in [0.05, 0.1) is 113 Å². The van der Waals surface area contributed by atoms with Crippen molar-refractivity contribution in [2.24, 2.45) is 0 Å². The Morgan fingerprint density at radius 3 is 0.563 bits per heavy atom. The Bertz CT molecular complexity index is 7860. The molecule has 8 nitrogen and oxygen atoms in total. The third-order valence-electron chi connectivity index (χ3n) is 25.9. The van der Waals surface area contributed by atoms with Crippen molar-refractivity contribution in [3.63, 3.8) is 0 Å². The summed E-state index contributed by atoms with van der Waals surface area (Å²) < 4.78 is 14.5. The first-order valence-corrected chi connectivity index (χ1v) is 43.4. The molecular weight excluding hydrogens is 1530 g/mol. The van der Waals surface area contributed by atoms with Crippen molar-refractivity contribution in [1.82, 2.24) is 37.4 Å². The van der Waals surface area contributed by atoms with Crippen LogP contribution >= 0.6 is 0 Å². The molecule has 598 valence electrons. The predicted octanol–water partition coefficient (Wildman–Crippen LogP) is 31.0. The molecule has 25 aromatic rings. The fraction of sp³-hybridized carbons (Fsp3) is 0.0508. The smallest absolute Gasteiger partial charge is 0.0888 e. The number of hydrogen-bond acceptors (Lipinski definition) is 2. The molecule has 0 spiro atoms. The summed E-state index contributed by atoms with van der Waals surface area (Å²) in [7, 11) is 0. The number of benzene rings is 18. The van der Waals surface area contributed by atoms with Gasteiger partial charge in [-0.25, -0.2) is 0 Å². The average molecular weight is 1620 g/mol. The SMILES string of the molecule is Cc1cc(-n2c3ccccc3c3ccccc32)c(C)cc1-c1cnc(-c2cc(C)c(-n3c4ccccc4c4ccccc43)cc2C)cn1.Cc1ccc(-n2c3ccccc3c3ccccc32)c(-c2cc(C)ccc2-n2c3ccccc3c3ccccc32)c1.c1ccc(-n2c3ccccc3c3ccccc32)c(-c2ccccc2-n2c3ccccc3c3ccccc32)c1. The molecule has 0 saturated heterocycles. The number of nitrogens with zero attached hydrogens (tertiary/aromatic N) is 8. The van der Waals surface area contributed by atoms with E-state index in [1.54, 1.807) is 0 Å². The van der Waals surface area contributed by atoms with Crippen molar-refractivity contribution in [3.8, 4) is 78.9 Å². The highest BCUT2D eigenvalue weighted by molar-refractivity contribution is 6.15. The highest BCUT2D eigenvalue weighted by Crippen LogP contribution is 2.46. The van der Waals surface area contributed by atoms with Crippen LogP contribution in [0.2, 0.25) is 0 Å². The van der Waals surface area contributed by atoms with Crippen molar-refractivity contribution >= 4 is 131 Å². The minimum Gasteiger partial charge on any atom is -0.309 e. The number of hydrogen-bond donors (Lipinski definition) is 0. The summed E-state index contributed by atoms with van der Waals surface area (Å²) in [6.07, 6.45) is 3.85. The second-order valence-electron chi connectivity index (χ2n) is 33.5. The molecule has 0 aliphatic rings. The van der Waals surface area contributed by atoms with Crippen molar-refractivity contribution in [3.05, 3.63) is 446 Å². The Kier molecular flexibility index (Phi) is 18.1. The lowest BCUT2D eigenvalue weighted by molar-refractivity contribution is 1.13. The Balaban J connectivity index is 0.000000110. The maximum absolute atomic E-state index is 4.97. The van der Waals surface area contributed by atoms with Crippen molar-refractivity contribution < 1.29 is 0 Å². The van der Waals surface area contributed by atoms with Crippen LogP contribution in [-0.4, -0.2) is 37.4 Å². The number of para-hydroxylation sites is 14. The highest BCUT2D eigenvalue weighted by atomic mass is 15.0. The summed E-state index contributed by atoms with van der Waals surface area (Å²) in [6, 6.07) is 145. The summed E-state index contributed by atoms with van der Waals surface area (Å²) in [5.41, 5.74) is 37.8. The molecular formula is C118H86N8. The molecule has 0 fully saturated rings. The van der Waals surface area contributed by atoms with Gasteiger partial charge >= 0.3 is 0 Å². The predicted molar refractivity (Wildman–Crippen MR) is 531 cm³/mol. The minimum atomic E-state index is 0.879. The van der Waals surface area contributed by atoms with Crippen LogP contribution in [0, 0.1) is 41.5 Å². The molecule has 7 aromatic heterocycles. The first-order chi connectivity index (χ1) is 62.1. The topological polar surface area (TPSA) is 55.4 Å². The molecule has 7 heterocycles. The van der Waals surface area contributed by atoms with E-state index in [9.17, 15) is 0 Å². The number of fused-ring (bicyclic) bond motifs is 18. The van der Waals surface area contributed by atoms with Gasteiger partial charge in [0.1, 0.15) is 0 Å². The van der Waals surface area contributed by atoms with Crippen LogP contribution in [0.5, 0.6) is 0 Å². The van der Waals surface area contributed by atoms with Gasteiger partial charge in [-0.2, -0.15) is 0 Å². The van der Waals surface area contributed by atoms with E-state index in [2.05, 4.69) is 469 Å². The molecule has 0 saturated carbocycles. The molecule has 0 radical (unpaired) electrons. The number of rotatable bonds is 10. The largest absolute Gasteiger partial charge is 0.309 e. The van der Waals surface area contributed by atoms with Gasteiger partial charge in [-0.05, 0) is 197 Å². The molecule has 0 atom stereocenters. The van der Waals surface area contributed by atoms with Crippen molar-refractivity contribution in [1.29, 1.82) is 0 Å². The van der Waals surface area contributed by atoms with Crippen molar-refractivity contribution in [2.45, 2.75) is 41.5 Å². The summed E-state index contributed by atoms with van der Waals surface area (Å²) in [4.78, 5) is 9.94. The van der Waals surface area contributed by atoms with E-state index in [-0.39, 0.29) is 0 Å². The van der Waals surface area contributed by atoms with Gasteiger partial charge in [-0.1, -0.05) is 278 Å². The lowest BCUT2D eigenvalue weighted by Gasteiger charge is -2.19. The lowest BCUT2D eigenvalue weighted by atomic mass is 9.97. The van der Waals surface area contributed by atoms with Gasteiger partial charge in [0.15, 0.2) is 0 Å². The summed E-state index contributed by atoms with van der Waals surface area (Å²) in [6.45, 7) is 13.1. The minimum absolute atomic E-state index is 0.879. The zero-order chi connectivity index (χ0) is 84.4. The standard InChI is InChI=1S/C44H34N4.C38H28N2.C36H24N2/c1-27-23-43(47-39-17-9-5-13-31(39)32-14-6-10-18-40(32)47)29(3)21-35(27)37-25-46-38(26-45-37)36-22-30(4)44(24-28(36)2)48-41-19-11-7-15-33(41)34-16-8-12-20-42(34)48;1-25-19-21-37(39-33-15-7-3-11-27(33)28-12-4-8-16-34(28)39)31(23-25)32-24-26(2)20-22-38(32)40-35-17-9-5-13-29(35)30-14-6-10-18-36(30)40;1-7-19-31-25(13-1)26-14-2-8-20-32(26)37(31)35-23-11-5-17-29(35)30-18-6-12-24-36(30)38-33-21-9-3-15-27(33)28-16-4-10-22-34(28)38/h5-26H,1-4H3;3-24H,1-2H3;1-24H. The van der Waals surface area contributed by atoms with Gasteiger partial charge in [-0.3, -0.25) is 9.97 Å². The highest BCUT2D eigenvalue weighted by Gasteiger charge is 2.25. The molecule has 126 heavy (non-hydrogen) atoms. The third kappa shape index (κ3) is 12.2. The van der Waals surface area contributed by atoms with Crippen LogP contribution in [0.3, 0.4) is 0 Å². The van der Waals surface area contributed by atoms with Crippen LogP contribution in [0.1, 0.15) is 33.4 Å². The third-order valence-corrected chi connectivity index (χ3v) is 25.9. The average Bonchev–Trinajstić information content (AvgIpc) is 1.58. The molecule has 0 amide bonds. The first kappa shape index (κ1) is 74.9. The van der Waals surface area contributed by atoms with Crippen LogP contribution in [0.4, 0.5) is 0 Å².